The topological polar surface area (TPSA) is 99.8 Å². The van der Waals surface area contributed by atoms with Crippen molar-refractivity contribution in [1.29, 1.82) is 0 Å². The molecule has 0 atom stereocenters. The molecule has 1 heterocycles. The lowest BCUT2D eigenvalue weighted by atomic mass is 10.1. The Morgan fingerprint density at radius 1 is 1.37 bits per heavy atom. The second kappa shape index (κ2) is 6.31. The Labute approximate surface area is 111 Å². The van der Waals surface area contributed by atoms with Crippen LogP contribution in [-0.4, -0.2) is 33.5 Å². The molecule has 19 heavy (non-hydrogen) atoms. The van der Waals surface area contributed by atoms with Crippen molar-refractivity contribution < 1.29 is 9.59 Å². The van der Waals surface area contributed by atoms with E-state index in [9.17, 15) is 9.59 Å². The number of H-pyrrole nitrogens is 1. The van der Waals surface area contributed by atoms with Crippen LogP contribution in [0.2, 0.25) is 0 Å². The Morgan fingerprint density at radius 2 is 2.11 bits per heavy atom. The number of carbonyl (C=O) groups excluding carboxylic acids is 2. The number of carbonyl (C=O) groups is 2. The highest BCUT2D eigenvalue weighted by molar-refractivity contribution is 5.89. The number of anilines is 1. The zero-order chi connectivity index (χ0) is 13.7. The van der Waals surface area contributed by atoms with Crippen molar-refractivity contribution in [1.82, 2.24) is 20.5 Å². The molecule has 0 saturated heterocycles. The normalized spacial score (nSPS) is 15.4. The highest BCUT2D eigenvalue weighted by atomic mass is 16.2. The molecule has 1 saturated carbocycles. The number of aromatic nitrogens is 3. The number of amides is 2. The van der Waals surface area contributed by atoms with Gasteiger partial charge >= 0.3 is 0 Å². The third-order valence-electron chi connectivity index (χ3n) is 3.23. The van der Waals surface area contributed by atoms with Crippen LogP contribution in [-0.2, 0) is 9.59 Å². The molecular weight excluding hydrogens is 246 g/mol. The van der Waals surface area contributed by atoms with Gasteiger partial charge in [0, 0.05) is 18.9 Å². The molecule has 1 fully saturated rings. The van der Waals surface area contributed by atoms with Crippen molar-refractivity contribution in [2.45, 2.75) is 39.0 Å². The number of hydrogen-bond donors (Lipinski definition) is 3. The van der Waals surface area contributed by atoms with E-state index in [1.807, 2.05) is 0 Å². The summed E-state index contributed by atoms with van der Waals surface area (Å²) >= 11 is 0. The number of aromatic amines is 1. The summed E-state index contributed by atoms with van der Waals surface area (Å²) in [5, 5.41) is 11.8. The number of hydrogen-bond acceptors (Lipinski definition) is 4. The van der Waals surface area contributed by atoms with E-state index >= 15 is 0 Å². The predicted octanol–water partition coefficient (Wildman–Crippen LogP) is 0.748. The van der Waals surface area contributed by atoms with Crippen LogP contribution in [0.25, 0.3) is 0 Å². The Morgan fingerprint density at radius 3 is 2.74 bits per heavy atom. The van der Waals surface area contributed by atoms with E-state index in [1.165, 1.54) is 0 Å². The van der Waals surface area contributed by atoms with Crippen LogP contribution in [0.4, 0.5) is 5.95 Å². The first-order valence-electron chi connectivity index (χ1n) is 6.61. The summed E-state index contributed by atoms with van der Waals surface area (Å²) in [7, 11) is 0. The van der Waals surface area contributed by atoms with Gasteiger partial charge in [0.25, 0.3) is 0 Å². The second-order valence-electron chi connectivity index (χ2n) is 4.82. The highest BCUT2D eigenvalue weighted by Gasteiger charge is 2.22. The van der Waals surface area contributed by atoms with Gasteiger partial charge in [0.15, 0.2) is 0 Å². The zero-order valence-electron chi connectivity index (χ0n) is 11.0. The van der Waals surface area contributed by atoms with Crippen LogP contribution in [0.15, 0.2) is 0 Å². The molecule has 1 aliphatic carbocycles. The Kier molecular flexibility index (Phi) is 4.48. The molecule has 1 aromatic rings. The van der Waals surface area contributed by atoms with Crippen molar-refractivity contribution in [3.8, 4) is 0 Å². The van der Waals surface area contributed by atoms with Crippen LogP contribution < -0.4 is 10.6 Å². The molecule has 3 N–H and O–H groups in total. The lowest BCUT2D eigenvalue weighted by Crippen LogP contribution is -2.32. The molecule has 0 spiro atoms. The van der Waals surface area contributed by atoms with Gasteiger partial charge in [-0.3, -0.25) is 20.0 Å². The fourth-order valence-corrected chi connectivity index (χ4v) is 2.22. The van der Waals surface area contributed by atoms with E-state index in [4.69, 9.17) is 0 Å². The maximum Gasteiger partial charge on any atom is 0.248 e. The Balaban J connectivity index is 1.65. The maximum atomic E-state index is 11.7. The van der Waals surface area contributed by atoms with Crippen molar-refractivity contribution in [2.24, 2.45) is 5.92 Å². The lowest BCUT2D eigenvalue weighted by molar-refractivity contribution is -0.124. The summed E-state index contributed by atoms with van der Waals surface area (Å²) < 4.78 is 0. The van der Waals surface area contributed by atoms with Crippen molar-refractivity contribution in [3.63, 3.8) is 0 Å². The molecular formula is C12H19N5O2. The average Bonchev–Trinajstić information content (AvgIpc) is 3.00. The first-order chi connectivity index (χ1) is 9.15. The standard InChI is InChI=1S/C12H19N5O2/c1-8-14-12(17-16-8)15-10(18)6-7-13-11(19)9-4-2-3-5-9/h9H,2-7H2,1H3,(H,13,19)(H2,14,15,16,17,18). The molecule has 104 valence electrons. The molecule has 0 aromatic carbocycles. The fraction of sp³-hybridized carbons (Fsp3) is 0.667. The smallest absolute Gasteiger partial charge is 0.248 e. The first-order valence-corrected chi connectivity index (χ1v) is 6.61. The first kappa shape index (κ1) is 13.5. The quantitative estimate of drug-likeness (QED) is 0.731. The van der Waals surface area contributed by atoms with Gasteiger partial charge in [0.05, 0.1) is 0 Å². The molecule has 2 rings (SSSR count). The van der Waals surface area contributed by atoms with Crippen molar-refractivity contribution in [3.05, 3.63) is 5.82 Å². The molecule has 0 aliphatic heterocycles. The summed E-state index contributed by atoms with van der Waals surface area (Å²) in [5.74, 6) is 0.915. The molecule has 0 bridgehead atoms. The summed E-state index contributed by atoms with van der Waals surface area (Å²) in [6.07, 6.45) is 4.42. The minimum atomic E-state index is -0.203. The van der Waals surface area contributed by atoms with E-state index in [2.05, 4.69) is 25.8 Å². The number of nitrogens with one attached hydrogen (secondary N) is 3. The lowest BCUT2D eigenvalue weighted by Gasteiger charge is -2.09. The van der Waals surface area contributed by atoms with Crippen LogP contribution in [0.5, 0.6) is 0 Å². The van der Waals surface area contributed by atoms with Gasteiger partial charge in [-0.05, 0) is 19.8 Å². The number of aryl methyl sites for hydroxylation is 1. The zero-order valence-corrected chi connectivity index (χ0v) is 11.0. The van der Waals surface area contributed by atoms with Gasteiger partial charge in [-0.15, -0.1) is 5.10 Å². The number of rotatable bonds is 5. The van der Waals surface area contributed by atoms with E-state index in [0.29, 0.717) is 12.4 Å². The summed E-state index contributed by atoms with van der Waals surface area (Å²) in [6.45, 7) is 2.11. The van der Waals surface area contributed by atoms with E-state index < -0.39 is 0 Å². The molecule has 7 heteroatoms. The molecule has 7 nitrogen and oxygen atoms in total. The van der Waals surface area contributed by atoms with Crippen LogP contribution in [0, 0.1) is 12.8 Å². The minimum Gasteiger partial charge on any atom is -0.355 e. The van der Waals surface area contributed by atoms with E-state index in [0.717, 1.165) is 25.7 Å². The summed E-state index contributed by atoms with van der Waals surface area (Å²) in [5.41, 5.74) is 0. The van der Waals surface area contributed by atoms with Crippen molar-refractivity contribution >= 4 is 17.8 Å². The van der Waals surface area contributed by atoms with E-state index in [-0.39, 0.29) is 30.1 Å². The molecule has 1 aromatic heterocycles. The van der Waals surface area contributed by atoms with Gasteiger partial charge < -0.3 is 5.32 Å². The largest absolute Gasteiger partial charge is 0.355 e. The highest BCUT2D eigenvalue weighted by Crippen LogP contribution is 2.24. The van der Waals surface area contributed by atoms with E-state index in [1.54, 1.807) is 6.92 Å². The predicted molar refractivity (Wildman–Crippen MR) is 69.3 cm³/mol. The number of nitrogens with zero attached hydrogens (tertiary/aromatic N) is 2. The fourth-order valence-electron chi connectivity index (χ4n) is 2.22. The van der Waals surface area contributed by atoms with Gasteiger partial charge in [0.1, 0.15) is 5.82 Å². The van der Waals surface area contributed by atoms with Crippen LogP contribution in [0.1, 0.15) is 37.9 Å². The molecule has 1 aliphatic rings. The van der Waals surface area contributed by atoms with Crippen LogP contribution in [0.3, 0.4) is 0 Å². The third kappa shape index (κ3) is 4.04. The third-order valence-corrected chi connectivity index (χ3v) is 3.23. The second-order valence-corrected chi connectivity index (χ2v) is 4.82. The van der Waals surface area contributed by atoms with Gasteiger partial charge in [-0.25, -0.2) is 0 Å². The SMILES string of the molecule is Cc1nc(NC(=O)CCNC(=O)C2CCCC2)n[nH]1. The molecule has 0 unspecified atom stereocenters. The molecule has 2 amide bonds. The van der Waals surface area contributed by atoms with Gasteiger partial charge in [0.2, 0.25) is 17.8 Å². The Hall–Kier alpha value is -1.92. The van der Waals surface area contributed by atoms with Gasteiger partial charge in [-0.1, -0.05) is 12.8 Å². The summed E-state index contributed by atoms with van der Waals surface area (Å²) in [6, 6.07) is 0. The molecule has 0 radical (unpaired) electrons. The monoisotopic (exact) mass is 265 g/mol. The van der Waals surface area contributed by atoms with Gasteiger partial charge in [-0.2, -0.15) is 4.98 Å². The Bertz CT molecular complexity index is 451. The summed E-state index contributed by atoms with van der Waals surface area (Å²) in [4.78, 5) is 27.3. The maximum absolute atomic E-state index is 11.7. The van der Waals surface area contributed by atoms with Crippen LogP contribution >= 0.6 is 0 Å². The average molecular weight is 265 g/mol. The van der Waals surface area contributed by atoms with Crippen molar-refractivity contribution in [2.75, 3.05) is 11.9 Å². The minimum absolute atomic E-state index is 0.0686.